The van der Waals surface area contributed by atoms with Crippen molar-refractivity contribution in [2.75, 3.05) is 19.8 Å². The van der Waals surface area contributed by atoms with Crippen LogP contribution in [0.25, 0.3) is 0 Å². The van der Waals surface area contributed by atoms with Crippen molar-refractivity contribution in [3.63, 3.8) is 0 Å². The minimum Gasteiger partial charge on any atom is -0.390 e. The molecule has 23 heavy (non-hydrogen) atoms. The number of nitriles is 1. The Labute approximate surface area is 138 Å². The first-order valence-electron chi connectivity index (χ1n) is 8.01. The number of carbonyl (C=O) groups is 1. The van der Waals surface area contributed by atoms with Crippen molar-refractivity contribution in [2.24, 2.45) is 0 Å². The highest BCUT2D eigenvalue weighted by atomic mass is 16.5. The number of ether oxygens (including phenoxy) is 1. The lowest BCUT2D eigenvalue weighted by atomic mass is 10.2. The number of amides is 1. The van der Waals surface area contributed by atoms with E-state index >= 15 is 0 Å². The van der Waals surface area contributed by atoms with Crippen molar-refractivity contribution in [3.8, 4) is 6.07 Å². The van der Waals surface area contributed by atoms with Crippen LogP contribution in [0.2, 0.25) is 0 Å². The van der Waals surface area contributed by atoms with Crippen LogP contribution in [-0.4, -0.2) is 25.7 Å². The Morgan fingerprint density at radius 2 is 2.00 bits per heavy atom. The van der Waals surface area contributed by atoms with Crippen molar-refractivity contribution in [2.45, 2.75) is 32.7 Å². The van der Waals surface area contributed by atoms with Gasteiger partial charge in [0.25, 0.3) is 5.91 Å². The Kier molecular flexibility index (Phi) is 9.97. The van der Waals surface area contributed by atoms with Crippen LogP contribution in [0, 0.1) is 11.3 Å². The summed E-state index contributed by atoms with van der Waals surface area (Å²) in [5, 5.41) is 14.8. The van der Waals surface area contributed by atoms with Crippen molar-refractivity contribution in [1.29, 1.82) is 5.26 Å². The second kappa shape index (κ2) is 12.2. The highest BCUT2D eigenvalue weighted by molar-refractivity contribution is 5.97. The minimum atomic E-state index is -0.372. The highest BCUT2D eigenvalue weighted by Crippen LogP contribution is 1.99. The van der Waals surface area contributed by atoms with E-state index in [-0.39, 0.29) is 11.5 Å². The third-order valence-electron chi connectivity index (χ3n) is 3.16. The zero-order valence-electron chi connectivity index (χ0n) is 13.7. The molecule has 0 aliphatic rings. The molecule has 0 bridgehead atoms. The fourth-order valence-corrected chi connectivity index (χ4v) is 1.82. The molecular formula is C18H25N3O2. The lowest BCUT2D eigenvalue weighted by Crippen LogP contribution is -2.25. The molecule has 1 aromatic rings. The zero-order valence-corrected chi connectivity index (χ0v) is 13.7. The number of nitrogens with one attached hydrogen (secondary N) is 2. The molecule has 1 rings (SSSR count). The van der Waals surface area contributed by atoms with E-state index in [4.69, 9.17) is 10.00 Å². The second-order valence-corrected chi connectivity index (χ2v) is 5.11. The third kappa shape index (κ3) is 8.64. The van der Waals surface area contributed by atoms with Crippen molar-refractivity contribution in [3.05, 3.63) is 47.7 Å². The van der Waals surface area contributed by atoms with E-state index in [1.54, 1.807) is 0 Å². The van der Waals surface area contributed by atoms with E-state index in [1.165, 1.54) is 6.20 Å². The molecule has 0 saturated heterocycles. The average Bonchev–Trinajstić information content (AvgIpc) is 2.59. The number of unbranched alkanes of at least 4 members (excludes halogenated alkanes) is 1. The van der Waals surface area contributed by atoms with Gasteiger partial charge in [-0.05, 0) is 18.4 Å². The Bertz CT molecular complexity index is 521. The Balaban J connectivity index is 2.23. The molecular weight excluding hydrogens is 290 g/mol. The molecule has 5 nitrogen and oxygen atoms in total. The molecule has 0 aliphatic carbocycles. The van der Waals surface area contributed by atoms with Crippen LogP contribution in [-0.2, 0) is 16.1 Å². The molecule has 1 aromatic carbocycles. The summed E-state index contributed by atoms with van der Waals surface area (Å²) in [6, 6.07) is 11.5. The zero-order chi connectivity index (χ0) is 16.8. The smallest absolute Gasteiger partial charge is 0.263 e. The molecule has 124 valence electrons. The summed E-state index contributed by atoms with van der Waals surface area (Å²) in [6.45, 7) is 4.68. The number of hydrogen-bond donors (Lipinski definition) is 2. The monoisotopic (exact) mass is 315 g/mol. The molecule has 2 N–H and O–H groups in total. The number of hydrogen-bond acceptors (Lipinski definition) is 4. The Hall–Kier alpha value is -2.32. The van der Waals surface area contributed by atoms with Crippen molar-refractivity contribution >= 4 is 5.91 Å². The molecule has 0 aromatic heterocycles. The largest absolute Gasteiger partial charge is 0.390 e. The molecule has 0 heterocycles. The highest BCUT2D eigenvalue weighted by Gasteiger charge is 2.07. The number of benzene rings is 1. The molecule has 0 aliphatic heterocycles. The maximum Gasteiger partial charge on any atom is 0.263 e. The predicted molar refractivity (Wildman–Crippen MR) is 90.3 cm³/mol. The normalized spacial score (nSPS) is 10.9. The van der Waals surface area contributed by atoms with Gasteiger partial charge in [0.1, 0.15) is 11.6 Å². The maximum atomic E-state index is 11.9. The van der Waals surface area contributed by atoms with Gasteiger partial charge in [0.2, 0.25) is 0 Å². The van der Waals surface area contributed by atoms with Crippen LogP contribution in [0.4, 0.5) is 0 Å². The van der Waals surface area contributed by atoms with E-state index < -0.39 is 0 Å². The topological polar surface area (TPSA) is 74.1 Å². The first-order chi connectivity index (χ1) is 11.3. The van der Waals surface area contributed by atoms with Crippen LogP contribution < -0.4 is 10.6 Å². The molecule has 0 fully saturated rings. The van der Waals surface area contributed by atoms with E-state index in [2.05, 4.69) is 17.6 Å². The van der Waals surface area contributed by atoms with E-state index in [9.17, 15) is 4.79 Å². The Morgan fingerprint density at radius 3 is 2.70 bits per heavy atom. The van der Waals surface area contributed by atoms with Crippen LogP contribution in [0.15, 0.2) is 42.1 Å². The van der Waals surface area contributed by atoms with Crippen LogP contribution in [0.1, 0.15) is 31.7 Å². The molecule has 0 saturated carbocycles. The van der Waals surface area contributed by atoms with Crippen molar-refractivity contribution < 1.29 is 9.53 Å². The summed E-state index contributed by atoms with van der Waals surface area (Å²) in [5.41, 5.74) is 1.07. The maximum absolute atomic E-state index is 11.9. The Morgan fingerprint density at radius 1 is 1.26 bits per heavy atom. The van der Waals surface area contributed by atoms with E-state index in [0.29, 0.717) is 19.7 Å². The summed E-state index contributed by atoms with van der Waals surface area (Å²) in [4.78, 5) is 11.9. The van der Waals surface area contributed by atoms with Gasteiger partial charge in [-0.2, -0.15) is 5.26 Å². The lowest BCUT2D eigenvalue weighted by molar-refractivity contribution is -0.117. The van der Waals surface area contributed by atoms with Gasteiger partial charge in [0, 0.05) is 32.5 Å². The molecule has 0 radical (unpaired) electrons. The molecule has 5 heteroatoms. The van der Waals surface area contributed by atoms with Gasteiger partial charge in [-0.25, -0.2) is 0 Å². The molecule has 0 spiro atoms. The minimum absolute atomic E-state index is 0.0767. The fraction of sp³-hybridized carbons (Fsp3) is 0.444. The van der Waals surface area contributed by atoms with Gasteiger partial charge < -0.3 is 15.4 Å². The van der Waals surface area contributed by atoms with Crippen molar-refractivity contribution in [1.82, 2.24) is 10.6 Å². The van der Waals surface area contributed by atoms with Crippen LogP contribution in [0.3, 0.4) is 0 Å². The SMILES string of the molecule is CCCCOCCCN/C=C(/C#N)C(=O)NCc1ccccc1. The second-order valence-electron chi connectivity index (χ2n) is 5.11. The van der Waals surface area contributed by atoms with Gasteiger partial charge >= 0.3 is 0 Å². The van der Waals surface area contributed by atoms with Gasteiger partial charge in [-0.15, -0.1) is 0 Å². The lowest BCUT2D eigenvalue weighted by Gasteiger charge is -2.06. The van der Waals surface area contributed by atoms with E-state index in [1.807, 2.05) is 36.4 Å². The standard InChI is InChI=1S/C18H25N3O2/c1-2-3-11-23-12-7-10-20-15-17(13-19)18(22)21-14-16-8-5-4-6-9-16/h4-6,8-9,15,20H,2-3,7,10-12,14H2,1H3,(H,21,22)/b17-15-. The third-order valence-corrected chi connectivity index (χ3v) is 3.16. The van der Waals surface area contributed by atoms with E-state index in [0.717, 1.165) is 31.4 Å². The summed E-state index contributed by atoms with van der Waals surface area (Å²) < 4.78 is 5.44. The molecule has 0 atom stereocenters. The van der Waals surface area contributed by atoms with Crippen LogP contribution in [0.5, 0.6) is 0 Å². The summed E-state index contributed by atoms with van der Waals surface area (Å²) in [6.07, 6.45) is 4.51. The first-order valence-corrected chi connectivity index (χ1v) is 8.01. The summed E-state index contributed by atoms with van der Waals surface area (Å²) in [5.74, 6) is -0.372. The first kappa shape index (κ1) is 18.7. The molecule has 0 unspecified atom stereocenters. The van der Waals surface area contributed by atoms with Gasteiger partial charge in [0.15, 0.2) is 0 Å². The van der Waals surface area contributed by atoms with Gasteiger partial charge in [0.05, 0.1) is 0 Å². The van der Waals surface area contributed by atoms with Gasteiger partial charge in [-0.3, -0.25) is 4.79 Å². The van der Waals surface area contributed by atoms with Crippen LogP contribution >= 0.6 is 0 Å². The average molecular weight is 315 g/mol. The number of carbonyl (C=O) groups excluding carboxylic acids is 1. The predicted octanol–water partition coefficient (Wildman–Crippen LogP) is 2.51. The number of rotatable bonds is 11. The number of nitrogens with zero attached hydrogens (tertiary/aromatic N) is 1. The quantitative estimate of drug-likeness (QED) is 0.374. The molecule has 1 amide bonds. The van der Waals surface area contributed by atoms with Gasteiger partial charge in [-0.1, -0.05) is 43.7 Å². The summed E-state index contributed by atoms with van der Waals surface area (Å²) in [7, 11) is 0. The fourth-order valence-electron chi connectivity index (χ4n) is 1.82. The summed E-state index contributed by atoms with van der Waals surface area (Å²) >= 11 is 0.